The fourth-order valence-corrected chi connectivity index (χ4v) is 7.09. The highest BCUT2D eigenvalue weighted by atomic mass is 127. The smallest absolute Gasteiger partial charge is 0.0825 e. The van der Waals surface area contributed by atoms with E-state index in [9.17, 15) is 5.11 Å². The first-order valence-corrected chi connectivity index (χ1v) is 9.73. The van der Waals surface area contributed by atoms with E-state index in [4.69, 9.17) is 0 Å². The molecule has 0 aromatic rings. The molecule has 0 aromatic heterocycles. The van der Waals surface area contributed by atoms with Crippen molar-refractivity contribution < 1.29 is 29.1 Å². The van der Waals surface area contributed by atoms with Crippen LogP contribution in [0.25, 0.3) is 0 Å². The molecular formula is C14H32IOP. The Morgan fingerprint density at radius 1 is 0.706 bits per heavy atom. The molecule has 1 N–H and O–H groups in total. The van der Waals surface area contributed by atoms with Gasteiger partial charge in [-0.1, -0.05) is 40.0 Å². The third kappa shape index (κ3) is 9.67. The number of rotatable bonds is 11. The Labute approximate surface area is 127 Å². The van der Waals surface area contributed by atoms with Crippen LogP contribution in [0.15, 0.2) is 0 Å². The molecule has 106 valence electrons. The highest BCUT2D eigenvalue weighted by Gasteiger charge is 2.34. The Kier molecular flexibility index (Phi) is 16.3. The first-order chi connectivity index (χ1) is 7.74. The van der Waals surface area contributed by atoms with Crippen LogP contribution < -0.4 is 24.0 Å². The molecule has 0 amide bonds. The Morgan fingerprint density at radius 3 is 1.29 bits per heavy atom. The molecule has 0 aliphatic heterocycles. The van der Waals surface area contributed by atoms with Crippen molar-refractivity contribution in [1.29, 1.82) is 0 Å². The van der Waals surface area contributed by atoms with Gasteiger partial charge in [0.2, 0.25) is 0 Å². The summed E-state index contributed by atoms with van der Waals surface area (Å²) < 4.78 is 0. The van der Waals surface area contributed by atoms with Crippen molar-refractivity contribution in [3.8, 4) is 0 Å². The van der Waals surface area contributed by atoms with Crippen LogP contribution in [0.1, 0.15) is 59.3 Å². The van der Waals surface area contributed by atoms with E-state index >= 15 is 0 Å². The standard InChI is InChI=1S/C14H32OP.HI/c1-4-7-11-16(14-10-15,12-8-5-2)13-9-6-3;/h15H,4-14H2,1-3H3;1H/q+1;/p-1. The van der Waals surface area contributed by atoms with Gasteiger partial charge in [-0.25, -0.2) is 0 Å². The second-order valence-corrected chi connectivity index (χ2v) is 9.49. The topological polar surface area (TPSA) is 20.2 Å². The number of halogens is 1. The molecule has 0 aliphatic carbocycles. The number of unbranched alkanes of at least 4 members (excludes halogenated alkanes) is 3. The van der Waals surface area contributed by atoms with Gasteiger partial charge >= 0.3 is 0 Å². The Bertz CT molecular complexity index is 131. The second kappa shape index (κ2) is 13.5. The molecule has 0 radical (unpaired) electrons. The highest BCUT2D eigenvalue weighted by molar-refractivity contribution is 7.75. The molecular weight excluding hydrogens is 342 g/mol. The first-order valence-electron chi connectivity index (χ1n) is 7.20. The van der Waals surface area contributed by atoms with Gasteiger partial charge in [0.25, 0.3) is 0 Å². The van der Waals surface area contributed by atoms with Gasteiger partial charge in [0.05, 0.1) is 31.3 Å². The van der Waals surface area contributed by atoms with E-state index in [0.717, 1.165) is 6.16 Å². The lowest BCUT2D eigenvalue weighted by molar-refractivity contribution is -0.00000490. The normalized spacial score (nSPS) is 11.3. The van der Waals surface area contributed by atoms with E-state index in [2.05, 4.69) is 20.8 Å². The summed E-state index contributed by atoms with van der Waals surface area (Å²) in [5.41, 5.74) is 0. The maximum atomic E-state index is 9.33. The number of hydrogen-bond acceptors (Lipinski definition) is 1. The number of hydrogen-bond donors (Lipinski definition) is 1. The van der Waals surface area contributed by atoms with Gasteiger partial charge in [-0.3, -0.25) is 0 Å². The molecule has 0 aromatic carbocycles. The van der Waals surface area contributed by atoms with Crippen molar-refractivity contribution in [2.24, 2.45) is 0 Å². The Morgan fingerprint density at radius 2 is 1.06 bits per heavy atom. The van der Waals surface area contributed by atoms with Gasteiger partial charge in [-0.15, -0.1) is 0 Å². The maximum absolute atomic E-state index is 9.33. The third-order valence-corrected chi connectivity index (χ3v) is 8.48. The molecule has 0 heterocycles. The van der Waals surface area contributed by atoms with Gasteiger partial charge in [0, 0.05) is 7.26 Å². The van der Waals surface area contributed by atoms with Crippen LogP contribution >= 0.6 is 7.26 Å². The zero-order valence-corrected chi connectivity index (χ0v) is 15.1. The lowest BCUT2D eigenvalue weighted by Crippen LogP contribution is -3.00. The molecule has 3 heteroatoms. The zero-order valence-electron chi connectivity index (χ0n) is 12.1. The van der Waals surface area contributed by atoms with Gasteiger partial charge in [0.1, 0.15) is 0 Å². The minimum atomic E-state index is -0.796. The van der Waals surface area contributed by atoms with Crippen LogP contribution in [-0.2, 0) is 0 Å². The zero-order chi connectivity index (χ0) is 12.3. The highest BCUT2D eigenvalue weighted by Crippen LogP contribution is 2.60. The molecule has 0 bridgehead atoms. The average molecular weight is 374 g/mol. The number of aliphatic hydroxyl groups is 1. The largest absolute Gasteiger partial charge is 1.00 e. The van der Waals surface area contributed by atoms with Crippen molar-refractivity contribution in [1.82, 2.24) is 0 Å². The summed E-state index contributed by atoms with van der Waals surface area (Å²) in [6, 6.07) is 0. The van der Waals surface area contributed by atoms with Crippen LogP contribution in [0.5, 0.6) is 0 Å². The van der Waals surface area contributed by atoms with E-state index in [1.165, 1.54) is 57.0 Å². The SMILES string of the molecule is CCCC[P+](CCO)(CCCC)CCCC.[I-]. The Hall–Kier alpha value is 1.12. The predicted octanol–water partition coefficient (Wildman–Crippen LogP) is 1.40. The van der Waals surface area contributed by atoms with E-state index in [1.807, 2.05) is 0 Å². The minimum absolute atomic E-state index is 0. The van der Waals surface area contributed by atoms with Crippen LogP contribution in [0.3, 0.4) is 0 Å². The van der Waals surface area contributed by atoms with Crippen molar-refractivity contribution in [3.05, 3.63) is 0 Å². The summed E-state index contributed by atoms with van der Waals surface area (Å²) >= 11 is 0. The minimum Gasteiger partial charge on any atom is -1.00 e. The molecule has 0 aliphatic rings. The fourth-order valence-electron chi connectivity index (χ4n) is 2.36. The van der Waals surface area contributed by atoms with Crippen molar-refractivity contribution >= 4 is 7.26 Å². The van der Waals surface area contributed by atoms with E-state index in [-0.39, 0.29) is 24.0 Å². The molecule has 0 rings (SSSR count). The molecule has 0 saturated carbocycles. The second-order valence-electron chi connectivity index (χ2n) is 5.02. The quantitative estimate of drug-likeness (QED) is 0.428. The first kappa shape index (κ1) is 20.4. The predicted molar refractivity (Wildman–Crippen MR) is 78.2 cm³/mol. The van der Waals surface area contributed by atoms with Gasteiger partial charge in [-0.2, -0.15) is 0 Å². The van der Waals surface area contributed by atoms with E-state index < -0.39 is 7.26 Å². The summed E-state index contributed by atoms with van der Waals surface area (Å²) in [6.07, 6.45) is 13.5. The molecule has 0 saturated heterocycles. The van der Waals surface area contributed by atoms with Crippen LogP contribution in [0.2, 0.25) is 0 Å². The van der Waals surface area contributed by atoms with E-state index in [1.54, 1.807) is 0 Å². The van der Waals surface area contributed by atoms with Crippen molar-refractivity contribution in [3.63, 3.8) is 0 Å². The lowest BCUT2D eigenvalue weighted by atomic mass is 10.4. The number of aliphatic hydroxyl groups excluding tert-OH is 1. The summed E-state index contributed by atoms with van der Waals surface area (Å²) in [6.45, 7) is 7.28. The van der Waals surface area contributed by atoms with E-state index in [0.29, 0.717) is 6.61 Å². The Balaban J connectivity index is 0. The molecule has 0 spiro atoms. The van der Waals surface area contributed by atoms with Crippen LogP contribution in [0, 0.1) is 0 Å². The van der Waals surface area contributed by atoms with Gasteiger partial charge in [0.15, 0.2) is 0 Å². The molecule has 0 unspecified atom stereocenters. The average Bonchev–Trinajstić information content (AvgIpc) is 2.31. The summed E-state index contributed by atoms with van der Waals surface area (Å²) in [5, 5.41) is 9.33. The van der Waals surface area contributed by atoms with Crippen LogP contribution in [-0.4, -0.2) is 36.4 Å². The summed E-state index contributed by atoms with van der Waals surface area (Å²) in [5.74, 6) is 0. The van der Waals surface area contributed by atoms with Crippen LogP contribution in [0.4, 0.5) is 0 Å². The van der Waals surface area contributed by atoms with Gasteiger partial charge in [-0.05, 0) is 19.3 Å². The maximum Gasteiger partial charge on any atom is 0.0825 e. The molecule has 1 nitrogen and oxygen atoms in total. The lowest BCUT2D eigenvalue weighted by Gasteiger charge is -2.27. The molecule has 0 atom stereocenters. The monoisotopic (exact) mass is 374 g/mol. The fraction of sp³-hybridized carbons (Fsp3) is 1.00. The summed E-state index contributed by atoms with van der Waals surface area (Å²) in [7, 11) is -0.796. The molecule has 17 heavy (non-hydrogen) atoms. The van der Waals surface area contributed by atoms with Crippen molar-refractivity contribution in [2.45, 2.75) is 59.3 Å². The molecule has 0 fully saturated rings. The van der Waals surface area contributed by atoms with Crippen molar-refractivity contribution in [2.75, 3.05) is 31.3 Å². The third-order valence-electron chi connectivity index (χ3n) is 3.53. The summed E-state index contributed by atoms with van der Waals surface area (Å²) in [4.78, 5) is 0. The van der Waals surface area contributed by atoms with Gasteiger partial charge < -0.3 is 29.1 Å².